The fourth-order valence-corrected chi connectivity index (χ4v) is 4.14. The van der Waals surface area contributed by atoms with Crippen molar-refractivity contribution in [3.63, 3.8) is 0 Å². The van der Waals surface area contributed by atoms with Gasteiger partial charge in [0.25, 0.3) is 5.56 Å². The molecule has 0 saturated carbocycles. The number of nitrogens with zero attached hydrogens (tertiary/aromatic N) is 5. The van der Waals surface area contributed by atoms with Gasteiger partial charge >= 0.3 is 0 Å². The number of aromatic nitrogens is 3. The lowest BCUT2D eigenvalue weighted by molar-refractivity contribution is 0.642. The maximum atomic E-state index is 11.7. The minimum absolute atomic E-state index is 0.0873. The van der Waals surface area contributed by atoms with Gasteiger partial charge in [0.15, 0.2) is 5.13 Å². The fourth-order valence-electron chi connectivity index (χ4n) is 2.83. The Balaban J connectivity index is 1.51. The van der Waals surface area contributed by atoms with Crippen molar-refractivity contribution >= 4 is 44.0 Å². The Morgan fingerprint density at radius 1 is 1.17 bits per heavy atom. The van der Waals surface area contributed by atoms with Crippen molar-refractivity contribution in [3.05, 3.63) is 45.8 Å². The lowest BCUT2D eigenvalue weighted by Gasteiger charge is -2.35. The predicted octanol–water partition coefficient (Wildman–Crippen LogP) is 2.37. The van der Waals surface area contributed by atoms with Crippen molar-refractivity contribution in [2.75, 3.05) is 36.0 Å². The highest BCUT2D eigenvalue weighted by atomic mass is 35.5. The summed E-state index contributed by atoms with van der Waals surface area (Å²) in [5, 5.41) is 5.79. The molecule has 0 unspecified atom stereocenters. The van der Waals surface area contributed by atoms with Gasteiger partial charge in [0, 0.05) is 39.3 Å². The molecule has 1 saturated heterocycles. The van der Waals surface area contributed by atoms with Crippen LogP contribution >= 0.6 is 22.9 Å². The number of thiazole rings is 1. The lowest BCUT2D eigenvalue weighted by atomic mass is 10.3. The molecule has 1 aliphatic heterocycles. The second-order valence-electron chi connectivity index (χ2n) is 5.73. The van der Waals surface area contributed by atoms with Crippen LogP contribution in [0.3, 0.4) is 0 Å². The molecular formula is C16H16ClN5OS. The SMILES string of the molecule is Cn1ncc(N2CCN(c3nc4c(Cl)cccc4s3)CC2)cc1=O. The van der Waals surface area contributed by atoms with Gasteiger partial charge in [0.1, 0.15) is 5.52 Å². The van der Waals surface area contributed by atoms with Gasteiger partial charge in [0.05, 0.1) is 21.6 Å². The molecule has 0 spiro atoms. The van der Waals surface area contributed by atoms with Crippen LogP contribution in [0.2, 0.25) is 5.02 Å². The van der Waals surface area contributed by atoms with E-state index in [0.29, 0.717) is 5.02 Å². The molecule has 4 rings (SSSR count). The third-order valence-corrected chi connectivity index (χ3v) is 5.61. The van der Waals surface area contributed by atoms with Gasteiger partial charge in [-0.3, -0.25) is 4.79 Å². The number of halogens is 1. The number of rotatable bonds is 2. The number of fused-ring (bicyclic) bond motifs is 1. The maximum absolute atomic E-state index is 11.7. The summed E-state index contributed by atoms with van der Waals surface area (Å²) in [5.74, 6) is 0. The summed E-state index contributed by atoms with van der Waals surface area (Å²) in [6, 6.07) is 7.51. The molecule has 0 aliphatic carbocycles. The zero-order valence-electron chi connectivity index (χ0n) is 13.1. The Labute approximate surface area is 147 Å². The standard InChI is InChI=1S/C16H16ClN5OS/c1-20-14(23)9-11(10-18-20)21-5-7-22(8-6-21)16-19-15-12(17)3-2-4-13(15)24-16/h2-4,9-10H,5-8H2,1H3. The van der Waals surface area contributed by atoms with E-state index in [9.17, 15) is 4.79 Å². The average molecular weight is 362 g/mol. The first kappa shape index (κ1) is 15.4. The molecule has 0 bridgehead atoms. The molecule has 3 aromatic rings. The molecule has 3 heterocycles. The number of para-hydroxylation sites is 1. The molecule has 0 N–H and O–H groups in total. The minimum Gasteiger partial charge on any atom is -0.367 e. The first-order valence-corrected chi connectivity index (χ1v) is 8.89. The van der Waals surface area contributed by atoms with E-state index in [4.69, 9.17) is 11.6 Å². The summed E-state index contributed by atoms with van der Waals surface area (Å²) < 4.78 is 2.45. The minimum atomic E-state index is -0.0873. The topological polar surface area (TPSA) is 54.3 Å². The zero-order chi connectivity index (χ0) is 16.7. The molecule has 8 heteroatoms. The van der Waals surface area contributed by atoms with Crippen LogP contribution in [0.15, 0.2) is 35.3 Å². The predicted molar refractivity (Wildman–Crippen MR) is 98.5 cm³/mol. The van der Waals surface area contributed by atoms with Crippen LogP contribution in [-0.2, 0) is 7.05 Å². The number of hydrogen-bond acceptors (Lipinski definition) is 6. The van der Waals surface area contributed by atoms with E-state index in [2.05, 4.69) is 19.9 Å². The van der Waals surface area contributed by atoms with Gasteiger partial charge in [0.2, 0.25) is 0 Å². The molecule has 1 aromatic carbocycles. The van der Waals surface area contributed by atoms with E-state index in [0.717, 1.165) is 47.2 Å². The van der Waals surface area contributed by atoms with Gasteiger partial charge in [-0.2, -0.15) is 5.10 Å². The Morgan fingerprint density at radius 2 is 1.92 bits per heavy atom. The zero-order valence-corrected chi connectivity index (χ0v) is 14.7. The van der Waals surface area contributed by atoms with Crippen LogP contribution in [0.5, 0.6) is 0 Å². The third kappa shape index (κ3) is 2.74. The highest BCUT2D eigenvalue weighted by Gasteiger charge is 2.21. The van der Waals surface area contributed by atoms with E-state index in [1.54, 1.807) is 30.6 Å². The first-order chi connectivity index (χ1) is 11.6. The van der Waals surface area contributed by atoms with Gasteiger partial charge in [-0.15, -0.1) is 0 Å². The number of benzene rings is 1. The quantitative estimate of drug-likeness (QED) is 0.701. The van der Waals surface area contributed by atoms with Crippen LogP contribution in [0, 0.1) is 0 Å². The number of piperazine rings is 1. The maximum Gasteiger partial charge on any atom is 0.268 e. The Bertz CT molecular complexity index is 945. The van der Waals surface area contributed by atoms with Crippen molar-refractivity contribution in [2.24, 2.45) is 7.05 Å². The van der Waals surface area contributed by atoms with E-state index < -0.39 is 0 Å². The van der Waals surface area contributed by atoms with Crippen LogP contribution in [0.25, 0.3) is 10.2 Å². The summed E-state index contributed by atoms with van der Waals surface area (Å²) in [4.78, 5) is 20.9. The van der Waals surface area contributed by atoms with Crippen LogP contribution < -0.4 is 15.4 Å². The van der Waals surface area contributed by atoms with Crippen LogP contribution in [0.4, 0.5) is 10.8 Å². The second kappa shape index (κ2) is 6.07. The number of anilines is 2. The smallest absolute Gasteiger partial charge is 0.268 e. The Morgan fingerprint density at radius 3 is 2.62 bits per heavy atom. The molecule has 0 radical (unpaired) electrons. The summed E-state index contributed by atoms with van der Waals surface area (Å²) >= 11 is 7.88. The normalized spacial score (nSPS) is 15.2. The molecule has 2 aromatic heterocycles. The van der Waals surface area contributed by atoms with E-state index in [1.165, 1.54) is 4.68 Å². The van der Waals surface area contributed by atoms with E-state index >= 15 is 0 Å². The first-order valence-electron chi connectivity index (χ1n) is 7.70. The highest BCUT2D eigenvalue weighted by Crippen LogP contribution is 2.33. The number of hydrogen-bond donors (Lipinski definition) is 0. The molecule has 0 amide bonds. The van der Waals surface area contributed by atoms with Crippen LogP contribution in [-0.4, -0.2) is 40.9 Å². The van der Waals surface area contributed by atoms with Crippen molar-refractivity contribution in [1.29, 1.82) is 0 Å². The molecule has 24 heavy (non-hydrogen) atoms. The lowest BCUT2D eigenvalue weighted by Crippen LogP contribution is -2.47. The van der Waals surface area contributed by atoms with Gasteiger partial charge in [-0.1, -0.05) is 29.0 Å². The van der Waals surface area contributed by atoms with E-state index in [1.807, 2.05) is 18.2 Å². The van der Waals surface area contributed by atoms with Gasteiger partial charge < -0.3 is 9.80 Å². The van der Waals surface area contributed by atoms with Gasteiger partial charge in [-0.25, -0.2) is 9.67 Å². The third-order valence-electron chi connectivity index (χ3n) is 4.23. The molecule has 6 nitrogen and oxygen atoms in total. The Kier molecular flexibility index (Phi) is 3.90. The molecule has 124 valence electrons. The van der Waals surface area contributed by atoms with Crippen molar-refractivity contribution in [1.82, 2.24) is 14.8 Å². The van der Waals surface area contributed by atoms with Crippen molar-refractivity contribution in [2.45, 2.75) is 0 Å². The molecule has 1 fully saturated rings. The van der Waals surface area contributed by atoms with Crippen molar-refractivity contribution in [3.8, 4) is 0 Å². The average Bonchev–Trinajstić information content (AvgIpc) is 3.03. The summed E-state index contributed by atoms with van der Waals surface area (Å²) in [7, 11) is 1.66. The Hall–Kier alpha value is -2.12. The number of aryl methyl sites for hydroxylation is 1. The van der Waals surface area contributed by atoms with Crippen molar-refractivity contribution < 1.29 is 0 Å². The summed E-state index contributed by atoms with van der Waals surface area (Å²) in [6.45, 7) is 3.37. The summed E-state index contributed by atoms with van der Waals surface area (Å²) in [5.41, 5.74) is 1.66. The second-order valence-corrected chi connectivity index (χ2v) is 7.15. The van der Waals surface area contributed by atoms with Crippen LogP contribution in [0.1, 0.15) is 0 Å². The molecule has 0 atom stereocenters. The van der Waals surface area contributed by atoms with Gasteiger partial charge in [-0.05, 0) is 12.1 Å². The molecule has 1 aliphatic rings. The summed E-state index contributed by atoms with van der Waals surface area (Å²) in [6.07, 6.45) is 1.74. The molecular weight excluding hydrogens is 346 g/mol. The van der Waals surface area contributed by atoms with E-state index in [-0.39, 0.29) is 5.56 Å². The fraction of sp³-hybridized carbons (Fsp3) is 0.312. The monoisotopic (exact) mass is 361 g/mol. The highest BCUT2D eigenvalue weighted by molar-refractivity contribution is 7.22. The largest absolute Gasteiger partial charge is 0.367 e.